The van der Waals surface area contributed by atoms with Gasteiger partial charge in [0.25, 0.3) is 0 Å². The van der Waals surface area contributed by atoms with Crippen LogP contribution in [0.15, 0.2) is 128 Å². The standard InChI is InChI=1S/C9H7N.2C5H5N.C4H5N/c1-2-6-9-8(4-1)5-3-7-10-9;2*1-2-4-6-5-3-1;1-2-4-5-3-1/h1-7H;2*1-5H;1-5H. The number of hydrogen-bond acceptors (Lipinski definition) is 3. The highest BCUT2D eigenvalue weighted by molar-refractivity contribution is 5.77. The molecule has 0 spiro atoms. The third kappa shape index (κ3) is 9.31. The highest BCUT2D eigenvalue weighted by atomic mass is 14.6. The van der Waals surface area contributed by atoms with Crippen LogP contribution in [0, 0.1) is 0 Å². The first-order valence-corrected chi connectivity index (χ1v) is 8.54. The van der Waals surface area contributed by atoms with Gasteiger partial charge in [0.05, 0.1) is 5.52 Å². The van der Waals surface area contributed by atoms with Crippen molar-refractivity contribution in [3.05, 3.63) is 128 Å². The van der Waals surface area contributed by atoms with Crippen molar-refractivity contribution in [3.8, 4) is 0 Å². The molecule has 0 bridgehead atoms. The quantitative estimate of drug-likeness (QED) is 0.404. The van der Waals surface area contributed by atoms with Gasteiger partial charge in [-0.2, -0.15) is 0 Å². The van der Waals surface area contributed by atoms with Gasteiger partial charge < -0.3 is 4.98 Å². The summed E-state index contributed by atoms with van der Waals surface area (Å²) in [4.78, 5) is 14.6. The van der Waals surface area contributed by atoms with Crippen molar-refractivity contribution in [1.29, 1.82) is 0 Å². The Labute approximate surface area is 159 Å². The largest absolute Gasteiger partial charge is 0.368 e. The SMILES string of the molecule is c1cc[nH]c1.c1ccc2ncccc2c1.c1ccncc1.c1ccncc1. The molecule has 0 saturated carbocycles. The molecule has 0 amide bonds. The molecule has 0 aliphatic heterocycles. The summed E-state index contributed by atoms with van der Waals surface area (Å²) in [7, 11) is 0. The minimum absolute atomic E-state index is 1.06. The molecule has 0 unspecified atom stereocenters. The number of pyridine rings is 3. The van der Waals surface area contributed by atoms with Crippen LogP contribution in [0.1, 0.15) is 0 Å². The molecule has 4 nitrogen and oxygen atoms in total. The molecule has 0 fully saturated rings. The van der Waals surface area contributed by atoms with Crippen molar-refractivity contribution < 1.29 is 0 Å². The average molecular weight is 354 g/mol. The molecule has 27 heavy (non-hydrogen) atoms. The highest BCUT2D eigenvalue weighted by Gasteiger charge is 1.86. The van der Waals surface area contributed by atoms with Crippen LogP contribution in [-0.2, 0) is 0 Å². The lowest BCUT2D eigenvalue weighted by atomic mass is 10.2. The average Bonchev–Trinajstić information content (AvgIpc) is 3.38. The molecule has 4 heteroatoms. The Morgan fingerprint density at radius 3 is 1.44 bits per heavy atom. The van der Waals surface area contributed by atoms with Crippen LogP contribution in [-0.4, -0.2) is 19.9 Å². The molecule has 1 aromatic carbocycles. The molecular weight excluding hydrogens is 332 g/mol. The van der Waals surface area contributed by atoms with Crippen LogP contribution in [0.2, 0.25) is 0 Å². The Hall–Kier alpha value is -3.79. The number of nitrogens with zero attached hydrogens (tertiary/aromatic N) is 3. The van der Waals surface area contributed by atoms with Crippen LogP contribution in [0.5, 0.6) is 0 Å². The number of hydrogen-bond donors (Lipinski definition) is 1. The Morgan fingerprint density at radius 1 is 0.481 bits per heavy atom. The fourth-order valence-electron chi connectivity index (χ4n) is 1.92. The van der Waals surface area contributed by atoms with Gasteiger partial charge >= 0.3 is 0 Å². The van der Waals surface area contributed by atoms with Crippen molar-refractivity contribution in [3.63, 3.8) is 0 Å². The molecule has 1 N–H and O–H groups in total. The number of para-hydroxylation sites is 1. The summed E-state index contributed by atoms with van der Waals surface area (Å²) in [5.74, 6) is 0. The molecule has 4 aromatic heterocycles. The summed E-state index contributed by atoms with van der Waals surface area (Å²) in [5, 5.41) is 1.20. The normalized spacial score (nSPS) is 8.74. The zero-order valence-corrected chi connectivity index (χ0v) is 15.0. The van der Waals surface area contributed by atoms with Gasteiger partial charge in [-0.25, -0.2) is 0 Å². The molecule has 0 atom stereocenters. The summed E-state index contributed by atoms with van der Waals surface area (Å²) in [6, 6.07) is 27.4. The maximum atomic E-state index is 4.18. The minimum Gasteiger partial charge on any atom is -0.368 e. The number of H-pyrrole nitrogens is 1. The van der Waals surface area contributed by atoms with E-state index in [0.29, 0.717) is 0 Å². The van der Waals surface area contributed by atoms with Gasteiger partial charge in [0.1, 0.15) is 0 Å². The van der Waals surface area contributed by atoms with E-state index < -0.39 is 0 Å². The first kappa shape index (κ1) is 19.5. The molecule has 5 aromatic rings. The zero-order chi connectivity index (χ0) is 18.8. The first-order chi connectivity index (χ1) is 13.5. The maximum absolute atomic E-state index is 4.18. The van der Waals surface area contributed by atoms with Gasteiger partial charge in [-0.05, 0) is 48.5 Å². The van der Waals surface area contributed by atoms with Crippen molar-refractivity contribution in [2.24, 2.45) is 0 Å². The fourth-order valence-corrected chi connectivity index (χ4v) is 1.92. The van der Waals surface area contributed by atoms with Crippen LogP contribution >= 0.6 is 0 Å². The molecule has 0 saturated heterocycles. The Bertz CT molecular complexity index is 756. The predicted octanol–water partition coefficient (Wildman–Crippen LogP) is 5.41. The van der Waals surface area contributed by atoms with E-state index in [0.717, 1.165) is 5.52 Å². The molecule has 0 aliphatic carbocycles. The van der Waals surface area contributed by atoms with Gasteiger partial charge in [-0.15, -0.1) is 0 Å². The third-order valence-corrected chi connectivity index (χ3v) is 3.14. The second kappa shape index (κ2) is 13.5. The Kier molecular flexibility index (Phi) is 9.76. The van der Waals surface area contributed by atoms with Crippen molar-refractivity contribution in [2.75, 3.05) is 0 Å². The summed E-state index contributed by atoms with van der Waals surface area (Å²) in [5.41, 5.74) is 1.06. The topological polar surface area (TPSA) is 54.5 Å². The number of aromatic nitrogens is 4. The third-order valence-electron chi connectivity index (χ3n) is 3.14. The number of rotatable bonds is 0. The van der Waals surface area contributed by atoms with Crippen molar-refractivity contribution >= 4 is 10.9 Å². The fraction of sp³-hybridized carbons (Fsp3) is 0. The Balaban J connectivity index is 0.000000135. The van der Waals surface area contributed by atoms with E-state index in [-0.39, 0.29) is 0 Å². The van der Waals surface area contributed by atoms with E-state index in [4.69, 9.17) is 0 Å². The number of aromatic amines is 1. The van der Waals surface area contributed by atoms with E-state index in [2.05, 4.69) is 32.1 Å². The monoisotopic (exact) mass is 354 g/mol. The number of nitrogens with one attached hydrogen (secondary N) is 1. The van der Waals surface area contributed by atoms with Gasteiger partial charge in [0.15, 0.2) is 0 Å². The zero-order valence-electron chi connectivity index (χ0n) is 15.0. The Morgan fingerprint density at radius 2 is 1.04 bits per heavy atom. The van der Waals surface area contributed by atoms with Gasteiger partial charge in [0.2, 0.25) is 0 Å². The summed E-state index contributed by atoms with van der Waals surface area (Å²) in [6.07, 6.45) is 12.6. The second-order valence-corrected chi connectivity index (χ2v) is 5.13. The van der Waals surface area contributed by atoms with Crippen LogP contribution in [0.4, 0.5) is 0 Å². The lowest BCUT2D eigenvalue weighted by Crippen LogP contribution is -1.73. The summed E-state index contributed by atoms with van der Waals surface area (Å²) >= 11 is 0. The smallest absolute Gasteiger partial charge is 0.0701 e. The minimum atomic E-state index is 1.06. The van der Waals surface area contributed by atoms with E-state index in [1.54, 1.807) is 24.8 Å². The number of fused-ring (bicyclic) bond motifs is 1. The van der Waals surface area contributed by atoms with Crippen LogP contribution in [0.3, 0.4) is 0 Å². The van der Waals surface area contributed by atoms with Crippen molar-refractivity contribution in [2.45, 2.75) is 0 Å². The van der Waals surface area contributed by atoms with E-state index in [1.807, 2.05) is 91.4 Å². The van der Waals surface area contributed by atoms with Gasteiger partial charge in [-0.3, -0.25) is 15.0 Å². The molecule has 5 rings (SSSR count). The summed E-state index contributed by atoms with van der Waals surface area (Å²) < 4.78 is 0. The van der Waals surface area contributed by atoms with Crippen molar-refractivity contribution in [1.82, 2.24) is 19.9 Å². The summed E-state index contributed by atoms with van der Waals surface area (Å²) in [6.45, 7) is 0. The lowest BCUT2D eigenvalue weighted by molar-refractivity contribution is 1.33. The lowest BCUT2D eigenvalue weighted by Gasteiger charge is -1.91. The molecule has 4 heterocycles. The predicted molar refractivity (Wildman–Crippen MR) is 111 cm³/mol. The highest BCUT2D eigenvalue weighted by Crippen LogP contribution is 2.07. The van der Waals surface area contributed by atoms with E-state index in [1.165, 1.54) is 5.39 Å². The molecule has 134 valence electrons. The molecule has 0 radical (unpaired) electrons. The second-order valence-electron chi connectivity index (χ2n) is 5.13. The molecule has 0 aliphatic rings. The van der Waals surface area contributed by atoms with E-state index in [9.17, 15) is 0 Å². The maximum Gasteiger partial charge on any atom is 0.0701 e. The van der Waals surface area contributed by atoms with Gasteiger partial charge in [0, 0.05) is 48.8 Å². The number of benzene rings is 1. The van der Waals surface area contributed by atoms with Crippen LogP contribution < -0.4 is 0 Å². The van der Waals surface area contributed by atoms with Crippen LogP contribution in [0.25, 0.3) is 10.9 Å². The first-order valence-electron chi connectivity index (χ1n) is 8.54. The van der Waals surface area contributed by atoms with Gasteiger partial charge in [-0.1, -0.05) is 36.4 Å². The molecular formula is C23H22N4. The van der Waals surface area contributed by atoms with E-state index >= 15 is 0 Å².